The molecule has 0 aromatic heterocycles. The lowest BCUT2D eigenvalue weighted by Gasteiger charge is -2.24. The molecule has 0 aliphatic heterocycles. The fourth-order valence-corrected chi connectivity index (χ4v) is 5.22. The summed E-state index contributed by atoms with van der Waals surface area (Å²) in [6, 6.07) is 0. The van der Waals surface area contributed by atoms with Gasteiger partial charge in [-0.25, -0.2) is 4.57 Å². The minimum Gasteiger partial charge on any atom is -0.462 e. The zero-order valence-corrected chi connectivity index (χ0v) is 29.8. The Hall–Kier alpha value is -1.25. The van der Waals surface area contributed by atoms with Gasteiger partial charge in [-0.3, -0.25) is 18.6 Å². The van der Waals surface area contributed by atoms with Crippen LogP contribution < -0.4 is 0 Å². The molecule has 0 radical (unpaired) electrons. The Morgan fingerprint density at radius 3 is 1.70 bits per heavy atom. The molecule has 0 aliphatic carbocycles. The molecule has 2 atom stereocenters. The van der Waals surface area contributed by atoms with Crippen molar-refractivity contribution in [3.63, 3.8) is 0 Å². The first-order valence-electron chi connectivity index (χ1n) is 17.4. The number of ether oxygens (including phenoxy) is 2. The topological polar surface area (TPSA) is 108 Å². The lowest BCUT2D eigenvalue weighted by atomic mass is 10.1. The van der Waals surface area contributed by atoms with Crippen molar-refractivity contribution >= 4 is 19.8 Å². The van der Waals surface area contributed by atoms with Gasteiger partial charge in [0.25, 0.3) is 0 Å². The van der Waals surface area contributed by atoms with E-state index in [-0.39, 0.29) is 32.0 Å². The van der Waals surface area contributed by atoms with Crippen molar-refractivity contribution in [1.82, 2.24) is 0 Å². The Morgan fingerprint density at radius 2 is 1.16 bits per heavy atom. The molecule has 44 heavy (non-hydrogen) atoms. The number of likely N-dealkylation sites (N-methyl/N-ethyl adjacent to an activating group) is 1. The lowest BCUT2D eigenvalue weighted by Crippen LogP contribution is -2.37. The number of hydrogen-bond acceptors (Lipinski definition) is 7. The van der Waals surface area contributed by atoms with Crippen LogP contribution in [0.3, 0.4) is 0 Å². The summed E-state index contributed by atoms with van der Waals surface area (Å²) in [5.41, 5.74) is 0. The predicted molar refractivity (Wildman–Crippen MR) is 178 cm³/mol. The fourth-order valence-electron chi connectivity index (χ4n) is 4.48. The third-order valence-electron chi connectivity index (χ3n) is 7.30. The van der Waals surface area contributed by atoms with Crippen molar-refractivity contribution in [3.8, 4) is 0 Å². The van der Waals surface area contributed by atoms with Crippen molar-refractivity contribution in [1.29, 1.82) is 0 Å². The van der Waals surface area contributed by atoms with Crippen LogP contribution in [0.5, 0.6) is 0 Å². The maximum Gasteiger partial charge on any atom is 0.472 e. The average molecular weight is 649 g/mol. The van der Waals surface area contributed by atoms with Gasteiger partial charge in [-0.2, -0.15) is 0 Å². The number of allylic oxidation sites excluding steroid dienone is 2. The van der Waals surface area contributed by atoms with E-state index in [9.17, 15) is 19.0 Å². The SMILES string of the molecule is CCCCCC/C=C/CCCCCCCC(=O)O[C@@H](COC(=O)CCCCCCCCC)COP(=O)(O)OCC[N+](C)(C)C. The molecule has 0 heterocycles. The molecule has 1 unspecified atom stereocenters. The normalized spacial score (nSPS) is 14.0. The number of phosphoric acid groups is 1. The Balaban J connectivity index is 4.48. The van der Waals surface area contributed by atoms with Crippen molar-refractivity contribution in [3.05, 3.63) is 12.2 Å². The Kier molecular flexibility index (Phi) is 27.2. The second kappa shape index (κ2) is 28.0. The average Bonchev–Trinajstić information content (AvgIpc) is 2.95. The summed E-state index contributed by atoms with van der Waals surface area (Å²) in [4.78, 5) is 34.9. The van der Waals surface area contributed by atoms with E-state index in [0.717, 1.165) is 51.4 Å². The van der Waals surface area contributed by atoms with Crippen LogP contribution in [0.15, 0.2) is 12.2 Å². The van der Waals surface area contributed by atoms with Gasteiger partial charge >= 0.3 is 19.8 Å². The first-order valence-corrected chi connectivity index (χ1v) is 18.9. The van der Waals surface area contributed by atoms with Gasteiger partial charge in [0, 0.05) is 12.8 Å². The third-order valence-corrected chi connectivity index (χ3v) is 8.28. The Bertz CT molecular complexity index is 784. The maximum absolute atomic E-state index is 12.5. The smallest absolute Gasteiger partial charge is 0.462 e. The molecule has 0 saturated heterocycles. The van der Waals surface area contributed by atoms with Crippen molar-refractivity contribution < 1.29 is 42.1 Å². The number of quaternary nitrogens is 1. The van der Waals surface area contributed by atoms with Crippen LogP contribution in [0.1, 0.15) is 142 Å². The standard InChI is InChI=1S/C34H66NO8P/c1-6-8-10-12-14-15-16-17-18-19-21-23-25-27-34(37)43-32(31-42-44(38,39)41-29-28-35(3,4)5)30-40-33(36)26-24-22-20-13-11-9-7-2/h15-16,32H,6-14,17-31H2,1-5H3/p+1/b16-15+/t32-/m0/s1. The molecule has 9 nitrogen and oxygen atoms in total. The molecular formula is C34H67NO8P+. The van der Waals surface area contributed by atoms with Crippen LogP contribution in [0, 0.1) is 0 Å². The predicted octanol–water partition coefficient (Wildman–Crippen LogP) is 8.68. The summed E-state index contributed by atoms with van der Waals surface area (Å²) < 4.78 is 33.9. The molecule has 0 aliphatic rings. The van der Waals surface area contributed by atoms with Crippen LogP contribution >= 0.6 is 7.82 Å². The van der Waals surface area contributed by atoms with Gasteiger partial charge < -0.3 is 18.9 Å². The molecule has 260 valence electrons. The summed E-state index contributed by atoms with van der Waals surface area (Å²) in [7, 11) is 1.47. The Morgan fingerprint density at radius 1 is 0.682 bits per heavy atom. The summed E-state index contributed by atoms with van der Waals surface area (Å²) in [5.74, 6) is -0.816. The van der Waals surface area contributed by atoms with E-state index >= 15 is 0 Å². The number of esters is 2. The number of hydrogen-bond donors (Lipinski definition) is 1. The maximum atomic E-state index is 12.5. The lowest BCUT2D eigenvalue weighted by molar-refractivity contribution is -0.870. The number of nitrogens with zero attached hydrogens (tertiary/aromatic N) is 1. The van der Waals surface area contributed by atoms with Gasteiger partial charge in [-0.05, 0) is 38.5 Å². The third kappa shape index (κ3) is 30.8. The number of carbonyl (C=O) groups excluding carboxylic acids is 2. The molecule has 10 heteroatoms. The second-order valence-electron chi connectivity index (χ2n) is 12.9. The highest BCUT2D eigenvalue weighted by atomic mass is 31.2. The highest BCUT2D eigenvalue weighted by Crippen LogP contribution is 2.43. The fraction of sp³-hybridized carbons (Fsp3) is 0.882. The van der Waals surface area contributed by atoms with Crippen molar-refractivity contribution in [2.75, 3.05) is 47.5 Å². The molecule has 1 N–H and O–H groups in total. The summed E-state index contributed by atoms with van der Waals surface area (Å²) in [6.07, 6.45) is 24.2. The van der Waals surface area contributed by atoms with Gasteiger partial charge in [-0.15, -0.1) is 0 Å². The van der Waals surface area contributed by atoms with Gasteiger partial charge in [0.2, 0.25) is 0 Å². The molecule has 0 bridgehead atoms. The van der Waals surface area contributed by atoms with E-state index in [0.29, 0.717) is 17.4 Å². The van der Waals surface area contributed by atoms with Gasteiger partial charge in [0.05, 0.1) is 27.7 Å². The zero-order chi connectivity index (χ0) is 32.9. The second-order valence-corrected chi connectivity index (χ2v) is 14.4. The van der Waals surface area contributed by atoms with E-state index in [1.807, 2.05) is 21.1 Å². The molecule has 0 saturated carbocycles. The van der Waals surface area contributed by atoms with Crippen LogP contribution in [-0.2, 0) is 32.7 Å². The van der Waals surface area contributed by atoms with E-state index in [2.05, 4.69) is 26.0 Å². The van der Waals surface area contributed by atoms with Crippen LogP contribution in [0.4, 0.5) is 0 Å². The molecule has 0 fully saturated rings. The van der Waals surface area contributed by atoms with Crippen molar-refractivity contribution in [2.45, 2.75) is 148 Å². The first-order chi connectivity index (χ1) is 21.0. The van der Waals surface area contributed by atoms with E-state index in [1.165, 1.54) is 57.8 Å². The summed E-state index contributed by atoms with van der Waals surface area (Å²) >= 11 is 0. The largest absolute Gasteiger partial charge is 0.472 e. The highest BCUT2D eigenvalue weighted by molar-refractivity contribution is 7.47. The van der Waals surface area contributed by atoms with Gasteiger partial charge in [0.1, 0.15) is 19.8 Å². The number of carbonyl (C=O) groups is 2. The number of unbranched alkanes of at least 4 members (excludes halogenated alkanes) is 15. The minimum absolute atomic E-state index is 0.0322. The molecule has 0 spiro atoms. The van der Waals surface area contributed by atoms with Crippen molar-refractivity contribution in [2.24, 2.45) is 0 Å². The van der Waals surface area contributed by atoms with Crippen LogP contribution in [-0.4, -0.2) is 74.9 Å². The molecule has 0 rings (SSSR count). The minimum atomic E-state index is -4.35. The highest BCUT2D eigenvalue weighted by Gasteiger charge is 2.27. The molecule has 0 aromatic rings. The number of phosphoric ester groups is 1. The molecular weight excluding hydrogens is 581 g/mol. The monoisotopic (exact) mass is 648 g/mol. The van der Waals surface area contributed by atoms with E-state index < -0.39 is 26.5 Å². The van der Waals surface area contributed by atoms with Crippen LogP contribution in [0.2, 0.25) is 0 Å². The zero-order valence-electron chi connectivity index (χ0n) is 28.9. The number of rotatable bonds is 31. The first kappa shape index (κ1) is 42.8. The molecule has 0 aromatic carbocycles. The Labute approximate surface area is 269 Å². The summed E-state index contributed by atoms with van der Waals surface area (Å²) in [5, 5.41) is 0. The van der Waals surface area contributed by atoms with Crippen LogP contribution in [0.25, 0.3) is 0 Å². The quantitative estimate of drug-likeness (QED) is 0.0262. The summed E-state index contributed by atoms with van der Waals surface area (Å²) in [6.45, 7) is 4.32. The van der Waals surface area contributed by atoms with E-state index in [4.69, 9.17) is 18.5 Å². The molecule has 0 amide bonds. The van der Waals surface area contributed by atoms with Gasteiger partial charge in [-0.1, -0.05) is 103 Å². The van der Waals surface area contributed by atoms with E-state index in [1.54, 1.807) is 0 Å². The van der Waals surface area contributed by atoms with Gasteiger partial charge in [0.15, 0.2) is 6.10 Å².